The van der Waals surface area contributed by atoms with Gasteiger partial charge < -0.3 is 10.1 Å². The molecule has 1 aliphatic heterocycles. The third kappa shape index (κ3) is 3.48. The molecule has 0 spiro atoms. The second-order valence-electron chi connectivity index (χ2n) is 1.91. The number of amides is 1. The van der Waals surface area contributed by atoms with Gasteiger partial charge in [-0.15, -0.1) is 0 Å². The van der Waals surface area contributed by atoms with E-state index >= 15 is 0 Å². The highest BCUT2D eigenvalue weighted by atomic mass is 33.5. The van der Waals surface area contributed by atoms with E-state index in [1.54, 1.807) is 38.5 Å². The lowest BCUT2D eigenvalue weighted by molar-refractivity contribution is 0.122. The van der Waals surface area contributed by atoms with Gasteiger partial charge >= 0.3 is 6.09 Å². The van der Waals surface area contributed by atoms with Gasteiger partial charge in [-0.1, -0.05) is 21.6 Å². The van der Waals surface area contributed by atoms with Gasteiger partial charge in [0.2, 0.25) is 0 Å². The zero-order chi connectivity index (χ0) is 8.10. The first-order valence-corrected chi connectivity index (χ1v) is 6.94. The summed E-state index contributed by atoms with van der Waals surface area (Å²) in [6.07, 6.45) is -0.255. The highest BCUT2D eigenvalue weighted by molar-refractivity contribution is 9.09. The Morgan fingerprint density at radius 3 is 2.73 bits per heavy atom. The predicted molar refractivity (Wildman–Crippen MR) is 51.8 cm³/mol. The Kier molecular flexibility index (Phi) is 4.32. The van der Waals surface area contributed by atoms with Crippen LogP contribution < -0.4 is 5.32 Å². The van der Waals surface area contributed by atoms with Gasteiger partial charge in [-0.2, -0.15) is 0 Å². The molecule has 0 aromatic rings. The van der Waals surface area contributed by atoms with Crippen LogP contribution in [0.3, 0.4) is 0 Å². The van der Waals surface area contributed by atoms with Crippen LogP contribution in [0.25, 0.3) is 0 Å². The van der Waals surface area contributed by atoms with Crippen molar-refractivity contribution < 1.29 is 9.53 Å². The van der Waals surface area contributed by atoms with Crippen molar-refractivity contribution in [2.75, 3.05) is 18.6 Å². The molecule has 1 heterocycles. The number of alkyl carbamates (subject to hydrolysis) is 1. The second-order valence-corrected chi connectivity index (χ2v) is 6.24. The van der Waals surface area contributed by atoms with Gasteiger partial charge in [0.1, 0.15) is 6.10 Å². The minimum absolute atomic E-state index is 0.0752. The Bertz CT molecular complexity index is 138. The van der Waals surface area contributed by atoms with Crippen molar-refractivity contribution in [3.05, 3.63) is 0 Å². The topological polar surface area (TPSA) is 38.3 Å². The molecule has 64 valence electrons. The van der Waals surface area contributed by atoms with Gasteiger partial charge in [0.15, 0.2) is 0 Å². The molecule has 0 atom stereocenters. The van der Waals surface area contributed by atoms with E-state index in [4.69, 9.17) is 4.74 Å². The van der Waals surface area contributed by atoms with Crippen molar-refractivity contribution in [3.8, 4) is 0 Å². The van der Waals surface area contributed by atoms with Crippen LogP contribution in [-0.2, 0) is 4.74 Å². The summed E-state index contributed by atoms with van der Waals surface area (Å²) < 4.78 is 5.04. The first kappa shape index (κ1) is 9.41. The summed E-state index contributed by atoms with van der Waals surface area (Å²) in [7, 11) is 6.78. The quantitative estimate of drug-likeness (QED) is 0.669. The Morgan fingerprint density at radius 1 is 1.55 bits per heavy atom. The van der Waals surface area contributed by atoms with Crippen molar-refractivity contribution in [2.24, 2.45) is 0 Å². The fourth-order valence-corrected chi connectivity index (χ4v) is 4.63. The second kappa shape index (κ2) is 5.05. The predicted octanol–water partition coefficient (Wildman–Crippen LogP) is 1.75. The molecule has 3 nitrogen and oxygen atoms in total. The van der Waals surface area contributed by atoms with E-state index in [0.717, 1.165) is 11.5 Å². The van der Waals surface area contributed by atoms with Crippen LogP contribution in [0, 0.1) is 0 Å². The summed E-state index contributed by atoms with van der Waals surface area (Å²) in [5, 5.41) is 2.43. The average molecular weight is 211 g/mol. The van der Waals surface area contributed by atoms with Gasteiger partial charge in [0.05, 0.1) is 0 Å². The van der Waals surface area contributed by atoms with Crippen molar-refractivity contribution in [1.82, 2.24) is 5.32 Å². The van der Waals surface area contributed by atoms with Crippen LogP contribution in [0.5, 0.6) is 0 Å². The lowest BCUT2D eigenvalue weighted by atomic mass is 10.5. The van der Waals surface area contributed by atoms with Crippen molar-refractivity contribution in [2.45, 2.75) is 6.10 Å². The van der Waals surface area contributed by atoms with Crippen molar-refractivity contribution in [1.29, 1.82) is 0 Å². The average Bonchev–Trinajstić information content (AvgIpc) is 2.06. The van der Waals surface area contributed by atoms with Gasteiger partial charge in [0, 0.05) is 18.6 Å². The summed E-state index contributed by atoms with van der Waals surface area (Å²) in [5.74, 6) is 1.79. The van der Waals surface area contributed by atoms with Gasteiger partial charge in [-0.3, -0.25) is 0 Å². The molecule has 1 amide bonds. The molecule has 1 saturated heterocycles. The number of carbonyl (C=O) groups is 1. The molecule has 1 N–H and O–H groups in total. The number of hydrogen-bond donors (Lipinski definition) is 1. The maximum atomic E-state index is 10.7. The number of ether oxygens (including phenoxy) is 1. The molecule has 1 rings (SSSR count). The maximum absolute atomic E-state index is 10.7. The van der Waals surface area contributed by atoms with Crippen LogP contribution in [0.15, 0.2) is 0 Å². The third-order valence-corrected chi connectivity index (χ3v) is 5.42. The molecule has 0 bridgehead atoms. The molecule has 6 heteroatoms. The monoisotopic (exact) mass is 211 g/mol. The zero-order valence-electron chi connectivity index (χ0n) is 6.03. The minimum Gasteiger partial charge on any atom is -0.444 e. The molecule has 0 saturated carbocycles. The molecule has 0 aliphatic carbocycles. The van der Waals surface area contributed by atoms with E-state index in [1.807, 2.05) is 0 Å². The molecule has 0 radical (unpaired) electrons. The summed E-state index contributed by atoms with van der Waals surface area (Å²) in [4.78, 5) is 10.7. The first-order chi connectivity index (χ1) is 5.33. The van der Waals surface area contributed by atoms with E-state index in [9.17, 15) is 4.79 Å². The maximum Gasteiger partial charge on any atom is 0.407 e. The molecule has 0 aromatic carbocycles. The van der Waals surface area contributed by atoms with E-state index in [0.29, 0.717) is 0 Å². The van der Waals surface area contributed by atoms with Gasteiger partial charge in [-0.05, 0) is 9.83 Å². The standard InChI is InChI=1S/C5H9NO2S3/c1-6-5(7)8-4-2-9-11-10-3-4/h4H,2-3H2,1H3,(H,6,7). The molecule has 11 heavy (non-hydrogen) atoms. The summed E-state index contributed by atoms with van der Waals surface area (Å²) in [6, 6.07) is 0. The third-order valence-electron chi connectivity index (χ3n) is 1.08. The highest BCUT2D eigenvalue weighted by Gasteiger charge is 2.18. The number of nitrogens with one attached hydrogen (secondary N) is 1. The zero-order valence-corrected chi connectivity index (χ0v) is 8.48. The SMILES string of the molecule is CNC(=O)OC1CSSSC1. The van der Waals surface area contributed by atoms with Crippen molar-refractivity contribution in [3.63, 3.8) is 0 Å². The summed E-state index contributed by atoms with van der Waals surface area (Å²) >= 11 is 0. The smallest absolute Gasteiger partial charge is 0.407 e. The molecule has 0 unspecified atom stereocenters. The minimum atomic E-state index is -0.330. The Hall–Kier alpha value is 0.320. The highest BCUT2D eigenvalue weighted by Crippen LogP contribution is 2.40. The Morgan fingerprint density at radius 2 is 2.18 bits per heavy atom. The van der Waals surface area contributed by atoms with Gasteiger partial charge in [-0.25, -0.2) is 4.79 Å². The molecule has 1 fully saturated rings. The fraction of sp³-hybridized carbons (Fsp3) is 0.800. The summed E-state index contributed by atoms with van der Waals surface area (Å²) in [6.45, 7) is 0. The normalized spacial score (nSPS) is 19.4. The van der Waals surface area contributed by atoms with E-state index in [-0.39, 0.29) is 12.2 Å². The number of carbonyl (C=O) groups excluding carboxylic acids is 1. The first-order valence-electron chi connectivity index (χ1n) is 3.12. The largest absolute Gasteiger partial charge is 0.444 e. The van der Waals surface area contributed by atoms with Crippen molar-refractivity contribution >= 4 is 37.5 Å². The van der Waals surface area contributed by atoms with Crippen LogP contribution in [0.4, 0.5) is 4.79 Å². The number of rotatable bonds is 1. The van der Waals surface area contributed by atoms with E-state index in [1.165, 1.54) is 0 Å². The van der Waals surface area contributed by atoms with Crippen LogP contribution in [-0.4, -0.2) is 30.8 Å². The van der Waals surface area contributed by atoms with Crippen LogP contribution in [0.2, 0.25) is 0 Å². The van der Waals surface area contributed by atoms with Gasteiger partial charge in [0.25, 0.3) is 0 Å². The Labute approximate surface area is 77.2 Å². The van der Waals surface area contributed by atoms with Crippen LogP contribution in [0.1, 0.15) is 0 Å². The van der Waals surface area contributed by atoms with Crippen LogP contribution >= 0.6 is 31.4 Å². The van der Waals surface area contributed by atoms with E-state index < -0.39 is 0 Å². The van der Waals surface area contributed by atoms with E-state index in [2.05, 4.69) is 5.32 Å². The molecular weight excluding hydrogens is 202 g/mol. The number of hydrogen-bond acceptors (Lipinski definition) is 5. The Balaban J connectivity index is 2.19. The molecule has 1 aliphatic rings. The summed E-state index contributed by atoms with van der Waals surface area (Å²) in [5.41, 5.74) is 0. The lowest BCUT2D eigenvalue weighted by Gasteiger charge is -2.19. The lowest BCUT2D eigenvalue weighted by Crippen LogP contribution is -2.29. The molecule has 0 aromatic heterocycles. The fourth-order valence-electron chi connectivity index (χ4n) is 0.568. The molecular formula is C5H9NO2S3.